The first-order valence-electron chi connectivity index (χ1n) is 4.31. The topological polar surface area (TPSA) is 58.2 Å². The van der Waals surface area contributed by atoms with E-state index in [1.807, 2.05) is 6.92 Å². The van der Waals surface area contributed by atoms with Crippen molar-refractivity contribution in [3.8, 4) is 0 Å². The highest BCUT2D eigenvalue weighted by Gasteiger charge is 2.32. The molecular weight excluding hydrogens is 188 g/mol. The van der Waals surface area contributed by atoms with Crippen LogP contribution in [0.3, 0.4) is 0 Å². The first-order chi connectivity index (χ1) is 5.97. The van der Waals surface area contributed by atoms with Crippen LogP contribution in [-0.2, 0) is 10.0 Å². The molecule has 0 aromatic rings. The van der Waals surface area contributed by atoms with Gasteiger partial charge in [0.1, 0.15) is 0 Å². The maximum Gasteiger partial charge on any atom is 0.215 e. The van der Waals surface area contributed by atoms with Gasteiger partial charge in [0.15, 0.2) is 0 Å². The summed E-state index contributed by atoms with van der Waals surface area (Å²) in [6, 6.07) is 0. The lowest BCUT2D eigenvalue weighted by Gasteiger charge is -2.23. The molecule has 5 heteroatoms. The van der Waals surface area contributed by atoms with Crippen LogP contribution in [0.25, 0.3) is 0 Å². The predicted octanol–water partition coefficient (Wildman–Crippen LogP) is -0.156. The quantitative estimate of drug-likeness (QED) is 0.626. The van der Waals surface area contributed by atoms with Crippen LogP contribution < -0.4 is 10.0 Å². The molecule has 1 rings (SSSR count). The maximum atomic E-state index is 11.4. The third-order valence-electron chi connectivity index (χ3n) is 2.11. The molecule has 1 fully saturated rings. The van der Waals surface area contributed by atoms with Crippen molar-refractivity contribution in [2.75, 3.05) is 18.8 Å². The molecule has 0 radical (unpaired) electrons. The van der Waals surface area contributed by atoms with Crippen molar-refractivity contribution in [1.82, 2.24) is 10.0 Å². The van der Waals surface area contributed by atoms with Crippen molar-refractivity contribution in [2.45, 2.75) is 18.9 Å². The fourth-order valence-electron chi connectivity index (χ4n) is 1.48. The van der Waals surface area contributed by atoms with E-state index in [0.29, 0.717) is 6.54 Å². The summed E-state index contributed by atoms with van der Waals surface area (Å²) in [6.45, 7) is 6.88. The molecule has 0 aliphatic carbocycles. The second kappa shape index (κ2) is 3.77. The van der Waals surface area contributed by atoms with E-state index in [2.05, 4.69) is 16.6 Å². The number of sulfonamides is 1. The molecule has 4 nitrogen and oxygen atoms in total. The van der Waals surface area contributed by atoms with E-state index in [4.69, 9.17) is 0 Å². The third-order valence-corrected chi connectivity index (χ3v) is 3.59. The Morgan fingerprint density at radius 2 is 2.38 bits per heavy atom. The molecule has 1 aliphatic rings. The Kier molecular flexibility index (Phi) is 3.10. The van der Waals surface area contributed by atoms with Crippen LogP contribution in [0, 0.1) is 0 Å². The first kappa shape index (κ1) is 10.7. The van der Waals surface area contributed by atoms with E-state index in [0.717, 1.165) is 13.0 Å². The molecule has 0 saturated carbocycles. The van der Waals surface area contributed by atoms with Gasteiger partial charge in [0, 0.05) is 12.1 Å². The van der Waals surface area contributed by atoms with Crippen LogP contribution in [0.1, 0.15) is 13.3 Å². The molecule has 0 spiro atoms. The zero-order valence-electron chi connectivity index (χ0n) is 7.84. The van der Waals surface area contributed by atoms with Gasteiger partial charge in [-0.15, -0.1) is 6.58 Å². The Morgan fingerprint density at radius 1 is 1.69 bits per heavy atom. The Bertz CT molecular complexity index is 279. The lowest BCUT2D eigenvalue weighted by Crippen LogP contribution is -2.47. The lowest BCUT2D eigenvalue weighted by molar-refractivity contribution is 0.453. The van der Waals surface area contributed by atoms with Crippen LogP contribution in [0.5, 0.6) is 0 Å². The molecule has 0 amide bonds. The monoisotopic (exact) mass is 204 g/mol. The summed E-state index contributed by atoms with van der Waals surface area (Å²) in [4.78, 5) is 0. The molecule has 2 N–H and O–H groups in total. The van der Waals surface area contributed by atoms with Crippen LogP contribution in [0.2, 0.25) is 0 Å². The highest BCUT2D eigenvalue weighted by Crippen LogP contribution is 2.14. The molecule has 1 atom stereocenters. The van der Waals surface area contributed by atoms with E-state index in [1.165, 1.54) is 6.08 Å². The van der Waals surface area contributed by atoms with E-state index >= 15 is 0 Å². The largest absolute Gasteiger partial charge is 0.315 e. The molecule has 1 aliphatic heterocycles. The molecule has 13 heavy (non-hydrogen) atoms. The molecule has 1 unspecified atom stereocenters. The van der Waals surface area contributed by atoms with Crippen LogP contribution >= 0.6 is 0 Å². The van der Waals surface area contributed by atoms with Gasteiger partial charge < -0.3 is 5.32 Å². The average molecular weight is 204 g/mol. The van der Waals surface area contributed by atoms with Crippen LogP contribution in [-0.4, -0.2) is 32.8 Å². The van der Waals surface area contributed by atoms with E-state index < -0.39 is 10.0 Å². The number of hydrogen-bond acceptors (Lipinski definition) is 3. The summed E-state index contributed by atoms with van der Waals surface area (Å²) in [5, 5.41) is 3.12. The molecule has 1 heterocycles. The summed E-state index contributed by atoms with van der Waals surface area (Å²) >= 11 is 0. The van der Waals surface area contributed by atoms with Gasteiger partial charge in [-0.05, 0) is 19.9 Å². The first-order valence-corrected chi connectivity index (χ1v) is 5.96. The van der Waals surface area contributed by atoms with Gasteiger partial charge in [0.05, 0.1) is 5.75 Å². The number of hydrogen-bond donors (Lipinski definition) is 2. The van der Waals surface area contributed by atoms with Gasteiger partial charge in [-0.2, -0.15) is 0 Å². The van der Waals surface area contributed by atoms with Crippen molar-refractivity contribution in [2.24, 2.45) is 0 Å². The normalized spacial score (nSPS) is 29.0. The SMILES string of the molecule is C=CCS(=O)(=O)NC1(C)CCNC1. The van der Waals surface area contributed by atoms with E-state index in [-0.39, 0.29) is 11.3 Å². The van der Waals surface area contributed by atoms with Crippen molar-refractivity contribution in [3.63, 3.8) is 0 Å². The van der Waals surface area contributed by atoms with Crippen molar-refractivity contribution >= 4 is 10.0 Å². The van der Waals surface area contributed by atoms with Gasteiger partial charge in [-0.3, -0.25) is 0 Å². The minimum absolute atomic E-state index is 0.0113. The van der Waals surface area contributed by atoms with Gasteiger partial charge in [0.2, 0.25) is 10.0 Å². The van der Waals surface area contributed by atoms with Gasteiger partial charge in [-0.25, -0.2) is 13.1 Å². The second-order valence-corrected chi connectivity index (χ2v) is 5.43. The van der Waals surface area contributed by atoms with Crippen LogP contribution in [0.4, 0.5) is 0 Å². The van der Waals surface area contributed by atoms with Crippen molar-refractivity contribution in [1.29, 1.82) is 0 Å². The summed E-state index contributed by atoms with van der Waals surface area (Å²) in [6.07, 6.45) is 2.23. The highest BCUT2D eigenvalue weighted by molar-refractivity contribution is 7.89. The number of rotatable bonds is 4. The maximum absolute atomic E-state index is 11.4. The minimum atomic E-state index is -3.18. The van der Waals surface area contributed by atoms with Crippen LogP contribution in [0.15, 0.2) is 12.7 Å². The summed E-state index contributed by atoms with van der Waals surface area (Å²) < 4.78 is 25.4. The lowest BCUT2D eigenvalue weighted by atomic mass is 10.0. The van der Waals surface area contributed by atoms with Crippen molar-refractivity contribution in [3.05, 3.63) is 12.7 Å². The van der Waals surface area contributed by atoms with Gasteiger partial charge in [-0.1, -0.05) is 6.08 Å². The highest BCUT2D eigenvalue weighted by atomic mass is 32.2. The molecule has 0 bridgehead atoms. The zero-order valence-corrected chi connectivity index (χ0v) is 8.65. The molecule has 1 saturated heterocycles. The standard InChI is InChI=1S/C8H16N2O2S/c1-3-6-13(11,12)10-8(2)4-5-9-7-8/h3,9-10H,1,4-7H2,2H3. The second-order valence-electron chi connectivity index (χ2n) is 3.66. The Balaban J connectivity index is 2.61. The molecule has 0 aromatic heterocycles. The summed E-state index contributed by atoms with van der Waals surface area (Å²) in [7, 11) is -3.18. The van der Waals surface area contributed by atoms with E-state index in [9.17, 15) is 8.42 Å². The number of nitrogens with one attached hydrogen (secondary N) is 2. The molecule has 76 valence electrons. The minimum Gasteiger partial charge on any atom is -0.315 e. The molecule has 0 aromatic carbocycles. The van der Waals surface area contributed by atoms with E-state index in [1.54, 1.807) is 0 Å². The smallest absolute Gasteiger partial charge is 0.215 e. The van der Waals surface area contributed by atoms with Gasteiger partial charge in [0.25, 0.3) is 0 Å². The fraction of sp³-hybridized carbons (Fsp3) is 0.750. The summed E-state index contributed by atoms with van der Waals surface area (Å²) in [5.41, 5.74) is -0.318. The Hall–Kier alpha value is -0.390. The third kappa shape index (κ3) is 3.10. The zero-order chi connectivity index (χ0) is 9.95. The fourth-order valence-corrected chi connectivity index (χ4v) is 2.79. The Morgan fingerprint density at radius 3 is 2.85 bits per heavy atom. The van der Waals surface area contributed by atoms with Gasteiger partial charge >= 0.3 is 0 Å². The Labute approximate surface area is 79.5 Å². The predicted molar refractivity (Wildman–Crippen MR) is 53.0 cm³/mol. The average Bonchev–Trinajstić information content (AvgIpc) is 2.33. The summed E-state index contributed by atoms with van der Waals surface area (Å²) in [5.74, 6) is -0.0113. The molecular formula is C8H16N2O2S. The van der Waals surface area contributed by atoms with Crippen molar-refractivity contribution < 1.29 is 8.42 Å².